The summed E-state index contributed by atoms with van der Waals surface area (Å²) in [6.45, 7) is 4.30. The molecule has 0 saturated heterocycles. The van der Waals surface area contributed by atoms with Gasteiger partial charge in [0.1, 0.15) is 23.1 Å². The lowest BCUT2D eigenvalue weighted by molar-refractivity contribution is 0.415. The fourth-order valence-corrected chi connectivity index (χ4v) is 3.04. The van der Waals surface area contributed by atoms with Crippen LogP contribution in [0.2, 0.25) is 0 Å². The fourth-order valence-electron chi connectivity index (χ4n) is 3.04. The third kappa shape index (κ3) is 3.10. The molecule has 0 atom stereocenters. The minimum Gasteiger partial charge on any atom is -0.497 e. The summed E-state index contributed by atoms with van der Waals surface area (Å²) in [5.74, 6) is 1.20. The molecule has 0 saturated carbocycles. The van der Waals surface area contributed by atoms with E-state index >= 15 is 0 Å². The zero-order chi connectivity index (χ0) is 19.0. The summed E-state index contributed by atoms with van der Waals surface area (Å²) in [6, 6.07) is 13.7. The van der Waals surface area contributed by atoms with Gasteiger partial charge in [0.25, 0.3) is 5.56 Å². The minimum atomic E-state index is -0.245. The SMILES string of the molecule is COc1ccc2c(c1)[nH]c1c(=O)n(N=Cc3ccc(C(C)C)cc3)cnc12. The Balaban J connectivity index is 1.73. The largest absolute Gasteiger partial charge is 0.497 e. The first-order chi connectivity index (χ1) is 13.1. The molecule has 136 valence electrons. The van der Waals surface area contributed by atoms with Gasteiger partial charge in [-0.2, -0.15) is 9.78 Å². The first kappa shape index (κ1) is 17.0. The summed E-state index contributed by atoms with van der Waals surface area (Å²) < 4.78 is 6.48. The lowest BCUT2D eigenvalue weighted by Crippen LogP contribution is -2.17. The molecular weight excluding hydrogens is 340 g/mol. The lowest BCUT2D eigenvalue weighted by atomic mass is 10.0. The quantitative estimate of drug-likeness (QED) is 0.561. The number of aromatic amines is 1. The number of nitrogens with zero attached hydrogens (tertiary/aromatic N) is 3. The predicted octanol–water partition coefficient (Wildman–Crippen LogP) is 3.89. The maximum atomic E-state index is 12.8. The summed E-state index contributed by atoms with van der Waals surface area (Å²) in [5, 5.41) is 5.15. The van der Waals surface area contributed by atoms with Crippen LogP contribution < -0.4 is 10.3 Å². The van der Waals surface area contributed by atoms with E-state index < -0.39 is 0 Å². The highest BCUT2D eigenvalue weighted by molar-refractivity contribution is 6.04. The van der Waals surface area contributed by atoms with Gasteiger partial charge in [0, 0.05) is 11.5 Å². The Kier molecular flexibility index (Phi) is 4.24. The normalized spacial score (nSPS) is 11.9. The van der Waals surface area contributed by atoms with Crippen LogP contribution >= 0.6 is 0 Å². The number of hydrogen-bond donors (Lipinski definition) is 1. The molecule has 0 radical (unpaired) electrons. The molecule has 1 N–H and O–H groups in total. The van der Waals surface area contributed by atoms with Crippen LogP contribution in [0.25, 0.3) is 21.9 Å². The number of rotatable bonds is 4. The summed E-state index contributed by atoms with van der Waals surface area (Å²) in [4.78, 5) is 20.3. The second kappa shape index (κ2) is 6.72. The van der Waals surface area contributed by atoms with E-state index in [9.17, 15) is 4.79 Å². The molecule has 0 aliphatic rings. The third-order valence-electron chi connectivity index (χ3n) is 4.63. The van der Waals surface area contributed by atoms with Gasteiger partial charge < -0.3 is 9.72 Å². The summed E-state index contributed by atoms with van der Waals surface area (Å²) in [7, 11) is 1.61. The van der Waals surface area contributed by atoms with E-state index in [4.69, 9.17) is 4.74 Å². The molecule has 4 rings (SSSR count). The van der Waals surface area contributed by atoms with Crippen molar-refractivity contribution in [3.63, 3.8) is 0 Å². The van der Waals surface area contributed by atoms with Crippen molar-refractivity contribution in [2.24, 2.45) is 5.10 Å². The minimum absolute atomic E-state index is 0.245. The van der Waals surface area contributed by atoms with E-state index in [2.05, 4.69) is 41.0 Å². The second-order valence-electron chi connectivity index (χ2n) is 6.72. The molecule has 0 spiro atoms. The van der Waals surface area contributed by atoms with Gasteiger partial charge in [-0.1, -0.05) is 38.1 Å². The Morgan fingerprint density at radius 3 is 2.67 bits per heavy atom. The maximum absolute atomic E-state index is 12.8. The highest BCUT2D eigenvalue weighted by Crippen LogP contribution is 2.25. The van der Waals surface area contributed by atoms with Crippen LogP contribution in [0.1, 0.15) is 30.9 Å². The number of benzene rings is 2. The summed E-state index contributed by atoms with van der Waals surface area (Å²) in [6.07, 6.45) is 3.10. The lowest BCUT2D eigenvalue weighted by Gasteiger charge is -2.04. The maximum Gasteiger partial charge on any atom is 0.298 e. The number of hydrogen-bond acceptors (Lipinski definition) is 4. The molecule has 0 fully saturated rings. The Labute approximate surface area is 156 Å². The molecule has 0 aliphatic carbocycles. The van der Waals surface area contributed by atoms with Gasteiger partial charge in [0.05, 0.1) is 18.8 Å². The monoisotopic (exact) mass is 360 g/mol. The number of nitrogens with one attached hydrogen (secondary N) is 1. The zero-order valence-corrected chi connectivity index (χ0v) is 15.4. The van der Waals surface area contributed by atoms with Crippen molar-refractivity contribution in [3.8, 4) is 5.75 Å². The molecule has 0 unspecified atom stereocenters. The van der Waals surface area contributed by atoms with E-state index in [0.717, 1.165) is 22.2 Å². The van der Waals surface area contributed by atoms with E-state index in [0.29, 0.717) is 17.0 Å². The highest BCUT2D eigenvalue weighted by atomic mass is 16.5. The van der Waals surface area contributed by atoms with Crippen molar-refractivity contribution in [2.75, 3.05) is 7.11 Å². The third-order valence-corrected chi connectivity index (χ3v) is 4.63. The molecule has 0 aliphatic heterocycles. The fraction of sp³-hybridized carbons (Fsp3) is 0.190. The van der Waals surface area contributed by atoms with Crippen LogP contribution in [-0.4, -0.2) is 28.0 Å². The van der Waals surface area contributed by atoms with E-state index in [1.54, 1.807) is 13.3 Å². The van der Waals surface area contributed by atoms with Gasteiger partial charge in [-0.05, 0) is 29.2 Å². The molecule has 2 aromatic heterocycles. The van der Waals surface area contributed by atoms with Crippen LogP contribution in [0.5, 0.6) is 5.75 Å². The molecular formula is C21H20N4O2. The number of ether oxygens (including phenoxy) is 1. The summed E-state index contributed by atoms with van der Waals surface area (Å²) >= 11 is 0. The topological polar surface area (TPSA) is 72.3 Å². The smallest absolute Gasteiger partial charge is 0.298 e. The number of fused-ring (bicyclic) bond motifs is 3. The Morgan fingerprint density at radius 1 is 1.19 bits per heavy atom. The van der Waals surface area contributed by atoms with Crippen LogP contribution in [-0.2, 0) is 0 Å². The van der Waals surface area contributed by atoms with Crippen LogP contribution in [0.15, 0.2) is 58.7 Å². The molecule has 6 nitrogen and oxygen atoms in total. The van der Waals surface area contributed by atoms with Crippen molar-refractivity contribution in [1.29, 1.82) is 0 Å². The van der Waals surface area contributed by atoms with E-state index in [1.807, 2.05) is 30.3 Å². The van der Waals surface area contributed by atoms with Crippen LogP contribution in [0, 0.1) is 0 Å². The predicted molar refractivity (Wildman–Crippen MR) is 108 cm³/mol. The van der Waals surface area contributed by atoms with Crippen molar-refractivity contribution >= 4 is 28.2 Å². The van der Waals surface area contributed by atoms with Gasteiger partial charge in [0.2, 0.25) is 0 Å². The van der Waals surface area contributed by atoms with Crippen LogP contribution in [0.4, 0.5) is 0 Å². The van der Waals surface area contributed by atoms with Crippen molar-refractivity contribution in [2.45, 2.75) is 19.8 Å². The summed E-state index contributed by atoms with van der Waals surface area (Å²) in [5.41, 5.74) is 3.80. The Hall–Kier alpha value is -3.41. The van der Waals surface area contributed by atoms with Gasteiger partial charge >= 0.3 is 0 Å². The van der Waals surface area contributed by atoms with Crippen molar-refractivity contribution in [3.05, 3.63) is 70.3 Å². The average molecular weight is 360 g/mol. The molecule has 0 bridgehead atoms. The van der Waals surface area contributed by atoms with Gasteiger partial charge in [-0.3, -0.25) is 4.79 Å². The zero-order valence-electron chi connectivity index (χ0n) is 15.4. The van der Waals surface area contributed by atoms with Gasteiger partial charge in [-0.15, -0.1) is 0 Å². The molecule has 2 aromatic carbocycles. The molecule has 2 heterocycles. The standard InChI is InChI=1S/C21H20N4O2/c1-13(2)15-6-4-14(5-7-15)11-23-25-12-22-19-17-9-8-16(27-3)10-18(17)24-20(19)21(25)26/h4-13,24H,1-3H3. The number of methoxy groups -OCH3 is 1. The van der Waals surface area contributed by atoms with Gasteiger partial charge in [-0.25, -0.2) is 4.98 Å². The van der Waals surface area contributed by atoms with Gasteiger partial charge in [0.15, 0.2) is 0 Å². The average Bonchev–Trinajstić information content (AvgIpc) is 3.06. The number of aromatic nitrogens is 3. The Morgan fingerprint density at radius 2 is 1.96 bits per heavy atom. The highest BCUT2D eigenvalue weighted by Gasteiger charge is 2.11. The molecule has 6 heteroatoms. The Bertz CT molecular complexity index is 1200. The van der Waals surface area contributed by atoms with E-state index in [-0.39, 0.29) is 5.56 Å². The first-order valence-corrected chi connectivity index (χ1v) is 8.78. The number of H-pyrrole nitrogens is 1. The molecule has 27 heavy (non-hydrogen) atoms. The molecule has 4 aromatic rings. The van der Waals surface area contributed by atoms with Crippen LogP contribution in [0.3, 0.4) is 0 Å². The second-order valence-corrected chi connectivity index (χ2v) is 6.72. The van der Waals surface area contributed by atoms with Crippen molar-refractivity contribution < 1.29 is 4.74 Å². The first-order valence-electron chi connectivity index (χ1n) is 8.78. The molecule has 0 amide bonds. The van der Waals surface area contributed by atoms with E-state index in [1.165, 1.54) is 16.6 Å². The van der Waals surface area contributed by atoms with Crippen molar-refractivity contribution in [1.82, 2.24) is 14.6 Å².